The van der Waals surface area contributed by atoms with Crippen molar-refractivity contribution in [2.45, 2.75) is 13.8 Å². The van der Waals surface area contributed by atoms with E-state index in [1.165, 1.54) is 6.20 Å². The Morgan fingerprint density at radius 1 is 1.65 bits per heavy atom. The van der Waals surface area contributed by atoms with Crippen LogP contribution in [0, 0.1) is 12.8 Å². The zero-order valence-corrected chi connectivity index (χ0v) is 11.0. The molecule has 1 N–H and O–H groups in total. The van der Waals surface area contributed by atoms with Crippen LogP contribution >= 0.6 is 11.6 Å². The van der Waals surface area contributed by atoms with E-state index >= 15 is 0 Å². The number of amides is 1. The predicted molar refractivity (Wildman–Crippen MR) is 67.4 cm³/mol. The predicted octanol–water partition coefficient (Wildman–Crippen LogP) is 2.06. The lowest BCUT2D eigenvalue weighted by atomic mass is 10.2. The van der Waals surface area contributed by atoms with Gasteiger partial charge in [0.15, 0.2) is 0 Å². The molecule has 1 unspecified atom stereocenters. The van der Waals surface area contributed by atoms with Gasteiger partial charge >= 0.3 is 0 Å². The third-order valence-corrected chi connectivity index (χ3v) is 2.61. The highest BCUT2D eigenvalue weighted by atomic mass is 35.5. The van der Waals surface area contributed by atoms with Crippen LogP contribution in [0.15, 0.2) is 12.3 Å². The largest absolute Gasteiger partial charge is 0.384 e. The lowest BCUT2D eigenvalue weighted by molar-refractivity contribution is 0.0934. The van der Waals surface area contributed by atoms with Crippen LogP contribution in [0.3, 0.4) is 0 Å². The van der Waals surface area contributed by atoms with Crippen molar-refractivity contribution in [1.29, 1.82) is 0 Å². The highest BCUT2D eigenvalue weighted by Crippen LogP contribution is 2.15. The molecule has 0 bridgehead atoms. The van der Waals surface area contributed by atoms with Gasteiger partial charge < -0.3 is 10.1 Å². The molecule has 1 aromatic heterocycles. The number of halogens is 1. The summed E-state index contributed by atoms with van der Waals surface area (Å²) in [7, 11) is 1.64. The maximum atomic E-state index is 11.8. The van der Waals surface area contributed by atoms with Crippen LogP contribution in [0.1, 0.15) is 23.0 Å². The quantitative estimate of drug-likeness (QED) is 0.877. The third-order valence-electron chi connectivity index (χ3n) is 2.30. The van der Waals surface area contributed by atoms with Gasteiger partial charge in [0.2, 0.25) is 0 Å². The molecular formula is C12H17ClN2O2. The van der Waals surface area contributed by atoms with Gasteiger partial charge in [-0.15, -0.1) is 0 Å². The number of hydrogen-bond acceptors (Lipinski definition) is 3. The number of pyridine rings is 1. The van der Waals surface area contributed by atoms with Gasteiger partial charge in [-0.1, -0.05) is 18.5 Å². The summed E-state index contributed by atoms with van der Waals surface area (Å²) in [5.74, 6) is 0.0617. The van der Waals surface area contributed by atoms with Crippen LogP contribution in [0.25, 0.3) is 0 Å². The van der Waals surface area contributed by atoms with E-state index < -0.39 is 0 Å². The number of ether oxygens (including phenoxy) is 1. The topological polar surface area (TPSA) is 51.2 Å². The number of aromatic nitrogens is 1. The average Bonchev–Trinajstić information content (AvgIpc) is 2.26. The first kappa shape index (κ1) is 13.9. The minimum atomic E-state index is -0.203. The van der Waals surface area contributed by atoms with E-state index in [0.717, 1.165) is 5.69 Å². The maximum absolute atomic E-state index is 11.8. The first-order chi connectivity index (χ1) is 8.04. The molecule has 1 aromatic rings. The molecule has 1 heterocycles. The van der Waals surface area contributed by atoms with Gasteiger partial charge in [-0.25, -0.2) is 0 Å². The summed E-state index contributed by atoms with van der Waals surface area (Å²) in [4.78, 5) is 15.9. The molecule has 4 nitrogen and oxygen atoms in total. The van der Waals surface area contributed by atoms with E-state index in [9.17, 15) is 4.79 Å². The Hall–Kier alpha value is -1.13. The van der Waals surface area contributed by atoms with Crippen LogP contribution in [-0.4, -0.2) is 31.2 Å². The molecule has 0 radical (unpaired) electrons. The van der Waals surface area contributed by atoms with Crippen molar-refractivity contribution < 1.29 is 9.53 Å². The fourth-order valence-corrected chi connectivity index (χ4v) is 1.69. The van der Waals surface area contributed by atoms with Crippen LogP contribution in [0.2, 0.25) is 5.02 Å². The van der Waals surface area contributed by atoms with Crippen molar-refractivity contribution in [2.75, 3.05) is 20.3 Å². The molecule has 0 aliphatic rings. The fraction of sp³-hybridized carbons (Fsp3) is 0.500. The summed E-state index contributed by atoms with van der Waals surface area (Å²) >= 11 is 5.98. The number of hydrogen-bond donors (Lipinski definition) is 1. The summed E-state index contributed by atoms with van der Waals surface area (Å²) in [6.07, 6.45) is 1.49. The number of aryl methyl sites for hydroxylation is 1. The molecular weight excluding hydrogens is 240 g/mol. The van der Waals surface area contributed by atoms with Crippen LogP contribution in [0.4, 0.5) is 0 Å². The number of nitrogens with one attached hydrogen (secondary N) is 1. The summed E-state index contributed by atoms with van der Waals surface area (Å²) < 4.78 is 4.99. The van der Waals surface area contributed by atoms with Gasteiger partial charge in [-0.05, 0) is 18.9 Å². The Kier molecular flexibility index (Phi) is 5.38. The molecule has 94 valence electrons. The Labute approximate surface area is 106 Å². The number of rotatable bonds is 5. The van der Waals surface area contributed by atoms with Gasteiger partial charge in [0.1, 0.15) is 0 Å². The average molecular weight is 257 g/mol. The van der Waals surface area contributed by atoms with E-state index in [2.05, 4.69) is 10.3 Å². The van der Waals surface area contributed by atoms with Crippen LogP contribution in [0.5, 0.6) is 0 Å². The zero-order valence-electron chi connectivity index (χ0n) is 10.3. The van der Waals surface area contributed by atoms with Crippen molar-refractivity contribution in [3.8, 4) is 0 Å². The summed E-state index contributed by atoms with van der Waals surface area (Å²) in [6, 6.07) is 1.68. The second kappa shape index (κ2) is 6.57. The van der Waals surface area contributed by atoms with Crippen molar-refractivity contribution in [3.63, 3.8) is 0 Å². The van der Waals surface area contributed by atoms with Crippen molar-refractivity contribution in [3.05, 3.63) is 28.5 Å². The molecule has 5 heteroatoms. The molecule has 1 rings (SSSR count). The zero-order chi connectivity index (χ0) is 12.8. The Balaban J connectivity index is 2.58. The number of carbonyl (C=O) groups excluding carboxylic acids is 1. The van der Waals surface area contributed by atoms with Crippen molar-refractivity contribution in [2.24, 2.45) is 5.92 Å². The lowest BCUT2D eigenvalue weighted by Crippen LogP contribution is -2.30. The molecule has 0 saturated heterocycles. The molecule has 0 aromatic carbocycles. The standard InChI is InChI=1S/C12H17ClN2O2/c1-8(7-17-3)5-15-12(16)10-6-14-9(2)4-11(10)13/h4,6,8H,5,7H2,1-3H3,(H,15,16). The van der Waals surface area contributed by atoms with Gasteiger partial charge in [-0.3, -0.25) is 9.78 Å². The first-order valence-electron chi connectivity index (χ1n) is 5.44. The molecule has 17 heavy (non-hydrogen) atoms. The fourth-order valence-electron chi connectivity index (χ4n) is 1.40. The van der Waals surface area contributed by atoms with E-state index in [4.69, 9.17) is 16.3 Å². The van der Waals surface area contributed by atoms with E-state index in [0.29, 0.717) is 23.7 Å². The van der Waals surface area contributed by atoms with Crippen LogP contribution < -0.4 is 5.32 Å². The first-order valence-corrected chi connectivity index (χ1v) is 5.81. The number of nitrogens with zero attached hydrogens (tertiary/aromatic N) is 1. The molecule has 0 fully saturated rings. The van der Waals surface area contributed by atoms with E-state index in [-0.39, 0.29) is 11.8 Å². The third kappa shape index (κ3) is 4.32. The molecule has 0 spiro atoms. The van der Waals surface area contributed by atoms with Gasteiger partial charge in [-0.2, -0.15) is 0 Å². The van der Waals surface area contributed by atoms with Gasteiger partial charge in [0, 0.05) is 25.5 Å². The van der Waals surface area contributed by atoms with Gasteiger partial charge in [0.05, 0.1) is 17.2 Å². The summed E-state index contributed by atoms with van der Waals surface area (Å²) in [5.41, 5.74) is 1.20. The summed E-state index contributed by atoms with van der Waals surface area (Å²) in [6.45, 7) is 4.99. The van der Waals surface area contributed by atoms with Crippen molar-refractivity contribution in [1.82, 2.24) is 10.3 Å². The molecule has 1 atom stereocenters. The van der Waals surface area contributed by atoms with Crippen LogP contribution in [-0.2, 0) is 4.74 Å². The molecule has 0 saturated carbocycles. The molecule has 1 amide bonds. The smallest absolute Gasteiger partial charge is 0.254 e. The maximum Gasteiger partial charge on any atom is 0.254 e. The Morgan fingerprint density at radius 2 is 2.35 bits per heavy atom. The van der Waals surface area contributed by atoms with Crippen molar-refractivity contribution >= 4 is 17.5 Å². The normalized spacial score (nSPS) is 12.2. The minimum absolute atomic E-state index is 0.203. The molecule has 0 aliphatic heterocycles. The SMILES string of the molecule is COCC(C)CNC(=O)c1cnc(C)cc1Cl. The lowest BCUT2D eigenvalue weighted by Gasteiger charge is -2.12. The highest BCUT2D eigenvalue weighted by molar-refractivity contribution is 6.33. The highest BCUT2D eigenvalue weighted by Gasteiger charge is 2.12. The monoisotopic (exact) mass is 256 g/mol. The summed E-state index contributed by atoms with van der Waals surface area (Å²) in [5, 5.41) is 3.23. The Bertz CT molecular complexity index is 396. The minimum Gasteiger partial charge on any atom is -0.384 e. The van der Waals surface area contributed by atoms with E-state index in [1.807, 2.05) is 13.8 Å². The van der Waals surface area contributed by atoms with Gasteiger partial charge in [0.25, 0.3) is 5.91 Å². The second-order valence-electron chi connectivity index (χ2n) is 4.08. The Morgan fingerprint density at radius 3 is 2.94 bits per heavy atom. The number of methoxy groups -OCH3 is 1. The molecule has 0 aliphatic carbocycles. The van der Waals surface area contributed by atoms with E-state index in [1.54, 1.807) is 13.2 Å². The number of carbonyl (C=O) groups is 1. The second-order valence-corrected chi connectivity index (χ2v) is 4.48.